The van der Waals surface area contributed by atoms with Gasteiger partial charge in [-0.2, -0.15) is 5.26 Å². The smallest absolute Gasteiger partial charge is 0.308 e. The summed E-state index contributed by atoms with van der Waals surface area (Å²) in [6.45, 7) is 1.28. The fourth-order valence-corrected chi connectivity index (χ4v) is 2.31. The largest absolute Gasteiger partial charge is 0.427 e. The summed E-state index contributed by atoms with van der Waals surface area (Å²) < 4.78 is 4.90. The van der Waals surface area contributed by atoms with Gasteiger partial charge < -0.3 is 15.8 Å². The fraction of sp³-hybridized carbons (Fsp3) is 0.158. The zero-order chi connectivity index (χ0) is 19.1. The fourth-order valence-electron chi connectivity index (χ4n) is 2.31. The third kappa shape index (κ3) is 5.18. The summed E-state index contributed by atoms with van der Waals surface area (Å²) in [6, 6.07) is 13.7. The van der Waals surface area contributed by atoms with Gasteiger partial charge in [0.1, 0.15) is 11.8 Å². The van der Waals surface area contributed by atoms with Gasteiger partial charge >= 0.3 is 5.97 Å². The number of hydrogen-bond donors (Lipinski definition) is 2. The lowest BCUT2D eigenvalue weighted by Crippen LogP contribution is -2.45. The first-order valence-corrected chi connectivity index (χ1v) is 7.76. The summed E-state index contributed by atoms with van der Waals surface area (Å²) in [7, 11) is 0. The van der Waals surface area contributed by atoms with E-state index in [4.69, 9.17) is 15.7 Å². The molecular formula is C19H17N3O4. The second-order valence-corrected chi connectivity index (χ2v) is 5.56. The van der Waals surface area contributed by atoms with E-state index in [0.717, 1.165) is 0 Å². The van der Waals surface area contributed by atoms with Crippen molar-refractivity contribution in [1.29, 1.82) is 5.26 Å². The number of nitriles is 1. The van der Waals surface area contributed by atoms with E-state index in [1.807, 2.05) is 6.07 Å². The van der Waals surface area contributed by atoms with E-state index >= 15 is 0 Å². The Kier molecular flexibility index (Phi) is 6.06. The number of rotatable bonds is 6. The van der Waals surface area contributed by atoms with Crippen LogP contribution in [0.3, 0.4) is 0 Å². The topological polar surface area (TPSA) is 122 Å². The van der Waals surface area contributed by atoms with Crippen molar-refractivity contribution < 1.29 is 19.1 Å². The van der Waals surface area contributed by atoms with Crippen LogP contribution in [0, 0.1) is 11.3 Å². The van der Waals surface area contributed by atoms with Crippen LogP contribution in [0.4, 0.5) is 0 Å². The van der Waals surface area contributed by atoms with Gasteiger partial charge in [-0.25, -0.2) is 0 Å². The highest BCUT2D eigenvalue weighted by Crippen LogP contribution is 2.13. The molecule has 0 bridgehead atoms. The number of carbonyl (C=O) groups is 3. The summed E-state index contributed by atoms with van der Waals surface area (Å²) >= 11 is 0. The summed E-state index contributed by atoms with van der Waals surface area (Å²) in [5.74, 6) is -1.32. The number of nitrogens with one attached hydrogen (secondary N) is 1. The molecular weight excluding hydrogens is 334 g/mol. The third-order valence-corrected chi connectivity index (χ3v) is 3.52. The van der Waals surface area contributed by atoms with Crippen LogP contribution in [0.2, 0.25) is 0 Å². The molecule has 0 fully saturated rings. The number of primary amides is 1. The van der Waals surface area contributed by atoms with Gasteiger partial charge in [0.15, 0.2) is 0 Å². The lowest BCUT2D eigenvalue weighted by molar-refractivity contribution is -0.131. The Morgan fingerprint density at radius 2 is 1.88 bits per heavy atom. The van der Waals surface area contributed by atoms with Crippen molar-refractivity contribution in [1.82, 2.24) is 5.32 Å². The minimum absolute atomic E-state index is 0.169. The summed E-state index contributed by atoms with van der Waals surface area (Å²) in [6.07, 6.45) is 0.169. The van der Waals surface area contributed by atoms with Crippen LogP contribution in [0.25, 0.3) is 0 Å². The van der Waals surface area contributed by atoms with Gasteiger partial charge in [-0.05, 0) is 42.0 Å². The molecule has 1 atom stereocenters. The van der Waals surface area contributed by atoms with E-state index in [1.54, 1.807) is 24.3 Å². The SMILES string of the molecule is CC(=O)Oc1ccc(C(=O)N[C@H](Cc2cccc(C#N)c2)C(N)=O)cc1. The molecule has 0 unspecified atom stereocenters. The number of esters is 1. The Labute approximate surface area is 150 Å². The van der Waals surface area contributed by atoms with Crippen molar-refractivity contribution in [3.8, 4) is 11.8 Å². The number of benzene rings is 2. The maximum absolute atomic E-state index is 12.3. The van der Waals surface area contributed by atoms with Crippen LogP contribution in [-0.2, 0) is 16.0 Å². The lowest BCUT2D eigenvalue weighted by Gasteiger charge is -2.16. The molecule has 3 N–H and O–H groups in total. The molecule has 2 aromatic rings. The molecule has 0 heterocycles. The predicted molar refractivity (Wildman–Crippen MR) is 93.1 cm³/mol. The molecule has 2 amide bonds. The molecule has 0 radical (unpaired) electrons. The Bertz CT molecular complexity index is 869. The Hall–Kier alpha value is -3.66. The minimum Gasteiger partial charge on any atom is -0.427 e. The highest BCUT2D eigenvalue weighted by atomic mass is 16.5. The van der Waals surface area contributed by atoms with Crippen molar-refractivity contribution in [2.45, 2.75) is 19.4 Å². The quantitative estimate of drug-likeness (QED) is 0.600. The van der Waals surface area contributed by atoms with Crippen molar-refractivity contribution in [3.05, 3.63) is 65.2 Å². The molecule has 0 aliphatic carbocycles. The first-order chi connectivity index (χ1) is 12.4. The van der Waals surface area contributed by atoms with Gasteiger partial charge in [0.05, 0.1) is 11.6 Å². The van der Waals surface area contributed by atoms with Gasteiger partial charge in [0.25, 0.3) is 5.91 Å². The number of hydrogen-bond acceptors (Lipinski definition) is 5. The Balaban J connectivity index is 2.09. The standard InChI is InChI=1S/C19H17N3O4/c1-12(23)26-16-7-5-15(6-8-16)19(25)22-17(18(21)24)10-13-3-2-4-14(9-13)11-20/h2-9,17H,10H2,1H3,(H2,21,24)(H,22,25)/t17-/m1/s1. The average molecular weight is 351 g/mol. The zero-order valence-electron chi connectivity index (χ0n) is 14.1. The molecule has 7 heteroatoms. The molecule has 0 saturated heterocycles. The van der Waals surface area contributed by atoms with Crippen LogP contribution in [-0.4, -0.2) is 23.8 Å². The second kappa shape index (κ2) is 8.44. The van der Waals surface area contributed by atoms with Crippen LogP contribution in [0.5, 0.6) is 5.75 Å². The number of nitrogens with two attached hydrogens (primary N) is 1. The zero-order valence-corrected chi connectivity index (χ0v) is 14.1. The number of ether oxygens (including phenoxy) is 1. The molecule has 0 aliphatic heterocycles. The van der Waals surface area contributed by atoms with Gasteiger partial charge in [0.2, 0.25) is 5.91 Å². The van der Waals surface area contributed by atoms with Gasteiger partial charge in [-0.1, -0.05) is 12.1 Å². The Morgan fingerprint density at radius 1 is 1.19 bits per heavy atom. The molecule has 2 aromatic carbocycles. The third-order valence-electron chi connectivity index (χ3n) is 3.52. The van der Waals surface area contributed by atoms with E-state index in [0.29, 0.717) is 16.9 Å². The van der Waals surface area contributed by atoms with Crippen LogP contribution < -0.4 is 15.8 Å². The summed E-state index contributed by atoms with van der Waals surface area (Å²) in [5.41, 5.74) is 6.84. The lowest BCUT2D eigenvalue weighted by atomic mass is 10.0. The first-order valence-electron chi connectivity index (χ1n) is 7.76. The molecule has 7 nitrogen and oxygen atoms in total. The van der Waals surface area contributed by atoms with E-state index in [1.165, 1.54) is 31.2 Å². The molecule has 0 aliphatic rings. The maximum atomic E-state index is 12.3. The molecule has 26 heavy (non-hydrogen) atoms. The number of amides is 2. The van der Waals surface area contributed by atoms with Crippen LogP contribution in [0.15, 0.2) is 48.5 Å². The predicted octanol–water partition coefficient (Wildman–Crippen LogP) is 1.31. The second-order valence-electron chi connectivity index (χ2n) is 5.56. The highest BCUT2D eigenvalue weighted by molar-refractivity contribution is 5.97. The maximum Gasteiger partial charge on any atom is 0.308 e. The molecule has 132 valence electrons. The van der Waals surface area contributed by atoms with Crippen LogP contribution in [0.1, 0.15) is 28.4 Å². The van der Waals surface area contributed by atoms with E-state index in [2.05, 4.69) is 5.32 Å². The van der Waals surface area contributed by atoms with E-state index in [-0.39, 0.29) is 12.0 Å². The van der Waals surface area contributed by atoms with Gasteiger partial charge in [-0.15, -0.1) is 0 Å². The van der Waals surface area contributed by atoms with Crippen molar-refractivity contribution in [2.24, 2.45) is 5.73 Å². The minimum atomic E-state index is -0.926. The van der Waals surface area contributed by atoms with Gasteiger partial charge in [0, 0.05) is 18.9 Å². The number of carbonyl (C=O) groups excluding carboxylic acids is 3. The molecule has 0 saturated carbocycles. The summed E-state index contributed by atoms with van der Waals surface area (Å²) in [5, 5.41) is 11.5. The van der Waals surface area contributed by atoms with Crippen LogP contribution >= 0.6 is 0 Å². The first kappa shape index (κ1) is 18.7. The molecule has 2 rings (SSSR count). The normalized spacial score (nSPS) is 11.1. The molecule has 0 spiro atoms. The molecule has 0 aromatic heterocycles. The monoisotopic (exact) mass is 351 g/mol. The van der Waals surface area contributed by atoms with E-state index < -0.39 is 23.8 Å². The van der Waals surface area contributed by atoms with Gasteiger partial charge in [-0.3, -0.25) is 14.4 Å². The van der Waals surface area contributed by atoms with Crippen molar-refractivity contribution in [2.75, 3.05) is 0 Å². The average Bonchev–Trinajstić information content (AvgIpc) is 2.61. The summed E-state index contributed by atoms with van der Waals surface area (Å²) in [4.78, 5) is 34.9. The highest BCUT2D eigenvalue weighted by Gasteiger charge is 2.19. The van der Waals surface area contributed by atoms with E-state index in [9.17, 15) is 14.4 Å². The number of nitrogens with zero attached hydrogens (tertiary/aromatic N) is 1. The van der Waals surface area contributed by atoms with Crippen molar-refractivity contribution in [3.63, 3.8) is 0 Å². The van der Waals surface area contributed by atoms with Crippen molar-refractivity contribution >= 4 is 17.8 Å². The Morgan fingerprint density at radius 3 is 2.46 bits per heavy atom.